The lowest BCUT2D eigenvalue weighted by Gasteiger charge is -2.12. The number of aryl methyl sites for hydroxylation is 2. The molecule has 0 unspecified atom stereocenters. The number of hydrogen-bond acceptors (Lipinski definition) is 4. The molecule has 3 aromatic rings. The van der Waals surface area contributed by atoms with E-state index in [1.54, 1.807) is 0 Å². The van der Waals surface area contributed by atoms with Crippen molar-refractivity contribution in [1.29, 1.82) is 0 Å². The van der Waals surface area contributed by atoms with Gasteiger partial charge in [-0.15, -0.1) is 0 Å². The normalized spacial score (nSPS) is 12.1. The summed E-state index contributed by atoms with van der Waals surface area (Å²) in [5.41, 5.74) is -4.01. The highest BCUT2D eigenvalue weighted by atomic mass is 19.4. The first-order chi connectivity index (χ1) is 13.9. The lowest BCUT2D eigenvalue weighted by molar-refractivity contribution is -0.141. The van der Waals surface area contributed by atoms with Gasteiger partial charge in [0.15, 0.2) is 0 Å². The second-order valence-electron chi connectivity index (χ2n) is 6.21. The monoisotopic (exact) mass is 429 g/mol. The number of rotatable bonds is 3. The SMILES string of the molecule is Cc1ncccc1-c1nn(C)c(C(=O)Nc2ccnc(C(F)(F)F)c2)c1C(F)(F)F. The van der Waals surface area contributed by atoms with Crippen LogP contribution in [0.1, 0.15) is 27.4 Å². The third kappa shape index (κ3) is 4.11. The number of hydrogen-bond donors (Lipinski definition) is 1. The zero-order valence-electron chi connectivity index (χ0n) is 15.4. The molecule has 1 amide bonds. The summed E-state index contributed by atoms with van der Waals surface area (Å²) in [5, 5.41) is 5.88. The quantitative estimate of drug-likeness (QED) is 0.624. The minimum atomic E-state index is -4.96. The lowest BCUT2D eigenvalue weighted by Crippen LogP contribution is -2.21. The molecule has 12 heteroatoms. The Balaban J connectivity index is 2.08. The van der Waals surface area contributed by atoms with E-state index in [-0.39, 0.29) is 16.9 Å². The van der Waals surface area contributed by atoms with E-state index < -0.39 is 40.9 Å². The van der Waals surface area contributed by atoms with E-state index in [1.165, 1.54) is 25.3 Å². The molecule has 3 heterocycles. The maximum absolute atomic E-state index is 13.8. The summed E-state index contributed by atoms with van der Waals surface area (Å²) < 4.78 is 80.7. The largest absolute Gasteiger partial charge is 0.433 e. The van der Waals surface area contributed by atoms with Crippen molar-refractivity contribution >= 4 is 11.6 Å². The third-order valence-electron chi connectivity index (χ3n) is 4.12. The molecular formula is C18H13F6N5O. The summed E-state index contributed by atoms with van der Waals surface area (Å²) in [6.45, 7) is 1.49. The van der Waals surface area contributed by atoms with Gasteiger partial charge < -0.3 is 5.32 Å². The highest BCUT2D eigenvalue weighted by Crippen LogP contribution is 2.40. The Kier molecular flexibility index (Phi) is 5.27. The Labute approximate surface area is 165 Å². The van der Waals surface area contributed by atoms with Gasteiger partial charge in [-0.1, -0.05) is 0 Å². The van der Waals surface area contributed by atoms with Gasteiger partial charge in [-0.25, -0.2) is 0 Å². The van der Waals surface area contributed by atoms with Crippen LogP contribution < -0.4 is 5.32 Å². The molecule has 1 N–H and O–H groups in total. The van der Waals surface area contributed by atoms with Crippen LogP contribution >= 0.6 is 0 Å². The molecule has 0 saturated heterocycles. The zero-order chi connectivity index (χ0) is 22.3. The second kappa shape index (κ2) is 7.43. The number of nitrogens with zero attached hydrogens (tertiary/aromatic N) is 4. The average Bonchev–Trinajstić information content (AvgIpc) is 2.99. The van der Waals surface area contributed by atoms with Crippen molar-refractivity contribution in [2.75, 3.05) is 5.32 Å². The van der Waals surface area contributed by atoms with Gasteiger partial charge in [-0.05, 0) is 31.2 Å². The topological polar surface area (TPSA) is 72.7 Å². The van der Waals surface area contributed by atoms with Crippen LogP contribution in [0.5, 0.6) is 0 Å². The Morgan fingerprint density at radius 3 is 2.33 bits per heavy atom. The van der Waals surface area contributed by atoms with Crippen molar-refractivity contribution in [3.05, 3.63) is 59.3 Å². The van der Waals surface area contributed by atoms with Gasteiger partial charge in [0, 0.05) is 36.4 Å². The van der Waals surface area contributed by atoms with E-state index in [1.807, 2.05) is 5.32 Å². The third-order valence-corrected chi connectivity index (χ3v) is 4.12. The van der Waals surface area contributed by atoms with Crippen molar-refractivity contribution in [2.24, 2.45) is 7.05 Å². The minimum Gasteiger partial charge on any atom is -0.321 e. The summed E-state index contributed by atoms with van der Waals surface area (Å²) in [5.74, 6) is -1.27. The van der Waals surface area contributed by atoms with E-state index >= 15 is 0 Å². The Hall–Kier alpha value is -3.44. The van der Waals surface area contributed by atoms with E-state index in [9.17, 15) is 31.1 Å². The molecule has 0 bridgehead atoms. The molecule has 0 aliphatic heterocycles. The van der Waals surface area contributed by atoms with Crippen molar-refractivity contribution in [3.63, 3.8) is 0 Å². The molecule has 30 heavy (non-hydrogen) atoms. The molecular weight excluding hydrogens is 416 g/mol. The van der Waals surface area contributed by atoms with Crippen LogP contribution in [0.4, 0.5) is 32.0 Å². The molecule has 6 nitrogen and oxygen atoms in total. The Morgan fingerprint density at radius 2 is 1.73 bits per heavy atom. The van der Waals surface area contributed by atoms with Gasteiger partial charge >= 0.3 is 12.4 Å². The highest BCUT2D eigenvalue weighted by molar-refractivity contribution is 6.05. The van der Waals surface area contributed by atoms with Crippen molar-refractivity contribution in [2.45, 2.75) is 19.3 Å². The number of aromatic nitrogens is 4. The van der Waals surface area contributed by atoms with Crippen molar-refractivity contribution < 1.29 is 31.1 Å². The van der Waals surface area contributed by atoms with Crippen LogP contribution in [-0.4, -0.2) is 25.7 Å². The summed E-state index contributed by atoms with van der Waals surface area (Å²) in [6.07, 6.45) is -7.57. The van der Waals surface area contributed by atoms with Gasteiger partial charge in [-0.2, -0.15) is 31.4 Å². The van der Waals surface area contributed by atoms with E-state index in [2.05, 4.69) is 15.1 Å². The minimum absolute atomic E-state index is 0.0720. The molecule has 0 atom stereocenters. The maximum atomic E-state index is 13.8. The number of amides is 1. The van der Waals surface area contributed by atoms with Crippen LogP contribution in [0.15, 0.2) is 36.7 Å². The molecule has 0 aliphatic carbocycles. The number of anilines is 1. The highest BCUT2D eigenvalue weighted by Gasteiger charge is 2.42. The van der Waals surface area contributed by atoms with Crippen LogP contribution in [0.2, 0.25) is 0 Å². The smallest absolute Gasteiger partial charge is 0.321 e. The first-order valence-electron chi connectivity index (χ1n) is 8.30. The summed E-state index contributed by atoms with van der Waals surface area (Å²) in [6, 6.07) is 4.35. The predicted octanol–water partition coefficient (Wildman–Crippen LogP) is 4.48. The zero-order valence-corrected chi connectivity index (χ0v) is 15.4. The fourth-order valence-corrected chi connectivity index (χ4v) is 2.83. The number of nitrogens with one attached hydrogen (secondary N) is 1. The molecule has 0 saturated carbocycles. The first-order valence-corrected chi connectivity index (χ1v) is 8.30. The van der Waals surface area contributed by atoms with E-state index in [4.69, 9.17) is 0 Å². The first kappa shape index (κ1) is 21.3. The van der Waals surface area contributed by atoms with Gasteiger partial charge in [0.05, 0.1) is 0 Å². The number of pyridine rings is 2. The van der Waals surface area contributed by atoms with Gasteiger partial charge in [-0.3, -0.25) is 19.4 Å². The van der Waals surface area contributed by atoms with Gasteiger partial charge in [0.1, 0.15) is 22.6 Å². The Bertz CT molecular complexity index is 1100. The molecule has 0 aromatic carbocycles. The summed E-state index contributed by atoms with van der Waals surface area (Å²) in [7, 11) is 1.13. The van der Waals surface area contributed by atoms with Crippen LogP contribution in [-0.2, 0) is 19.4 Å². The van der Waals surface area contributed by atoms with E-state index in [0.717, 1.165) is 24.0 Å². The maximum Gasteiger partial charge on any atom is 0.433 e. The molecule has 3 rings (SSSR count). The molecule has 0 radical (unpaired) electrons. The summed E-state index contributed by atoms with van der Waals surface area (Å²) >= 11 is 0. The Morgan fingerprint density at radius 1 is 1.03 bits per heavy atom. The fraction of sp³-hybridized carbons (Fsp3) is 0.222. The van der Waals surface area contributed by atoms with E-state index in [0.29, 0.717) is 6.07 Å². The molecule has 3 aromatic heterocycles. The number of carbonyl (C=O) groups excluding carboxylic acids is 1. The standard InChI is InChI=1S/C18H13F6N5O/c1-9-11(4-3-6-25-9)14-13(18(22,23)24)15(29(2)28-14)16(30)27-10-5-7-26-12(8-10)17(19,20)21/h3-8H,1-2H3,(H,26,27,30). The van der Waals surface area contributed by atoms with Crippen LogP contribution in [0.25, 0.3) is 11.3 Å². The number of halogens is 6. The van der Waals surface area contributed by atoms with Crippen molar-refractivity contribution in [3.8, 4) is 11.3 Å². The van der Waals surface area contributed by atoms with Gasteiger partial charge in [0.2, 0.25) is 0 Å². The number of carbonyl (C=O) groups is 1. The summed E-state index contributed by atoms with van der Waals surface area (Å²) in [4.78, 5) is 19.7. The van der Waals surface area contributed by atoms with Crippen LogP contribution in [0.3, 0.4) is 0 Å². The lowest BCUT2D eigenvalue weighted by atomic mass is 10.0. The molecule has 0 aliphatic rings. The molecule has 158 valence electrons. The van der Waals surface area contributed by atoms with Crippen molar-refractivity contribution in [1.82, 2.24) is 19.7 Å². The van der Waals surface area contributed by atoms with Crippen LogP contribution in [0, 0.1) is 6.92 Å². The predicted molar refractivity (Wildman–Crippen MR) is 93.4 cm³/mol. The average molecular weight is 429 g/mol. The number of alkyl halides is 6. The second-order valence-corrected chi connectivity index (χ2v) is 6.21. The van der Waals surface area contributed by atoms with Gasteiger partial charge in [0.25, 0.3) is 5.91 Å². The molecule has 0 fully saturated rings. The fourth-order valence-electron chi connectivity index (χ4n) is 2.83. The molecule has 0 spiro atoms.